The van der Waals surface area contributed by atoms with Gasteiger partial charge in [-0.15, -0.1) is 59.7 Å². The van der Waals surface area contributed by atoms with Gasteiger partial charge < -0.3 is 9.97 Å². The van der Waals surface area contributed by atoms with Crippen LogP contribution in [-0.4, -0.2) is 9.97 Å². The van der Waals surface area contributed by atoms with Crippen molar-refractivity contribution in [1.29, 1.82) is 0 Å². The van der Waals surface area contributed by atoms with Gasteiger partial charge in [0.25, 0.3) is 0 Å². The molecule has 0 saturated carbocycles. The molecule has 3 heteroatoms. The summed E-state index contributed by atoms with van der Waals surface area (Å²) < 4.78 is 0. The minimum atomic E-state index is 0. The smallest absolute Gasteiger partial charge is 0.0163 e. The van der Waals surface area contributed by atoms with Gasteiger partial charge in [-0.25, -0.2) is 0 Å². The van der Waals surface area contributed by atoms with Crippen molar-refractivity contribution >= 4 is 21.5 Å². The number of pyridine rings is 2. The second kappa shape index (κ2) is 13.5. The van der Waals surface area contributed by atoms with E-state index in [1.54, 1.807) is 6.20 Å². The van der Waals surface area contributed by atoms with Crippen LogP contribution in [-0.2, 0) is 20.1 Å². The molecule has 7 rings (SSSR count). The van der Waals surface area contributed by atoms with Crippen molar-refractivity contribution in [2.45, 2.75) is 19.8 Å². The number of fused-ring (bicyclic) bond motifs is 3. The molecule has 0 fully saturated rings. The molecule has 7 aromatic rings. The fourth-order valence-corrected chi connectivity index (χ4v) is 5.07. The summed E-state index contributed by atoms with van der Waals surface area (Å²) in [5.41, 5.74) is 7.79. The first-order chi connectivity index (χ1) is 20.2. The van der Waals surface area contributed by atoms with E-state index in [9.17, 15) is 0 Å². The largest absolute Gasteiger partial charge is 0.305 e. The van der Waals surface area contributed by atoms with Gasteiger partial charge in [0.2, 0.25) is 0 Å². The maximum atomic E-state index is 4.63. The van der Waals surface area contributed by atoms with Crippen LogP contribution in [0.5, 0.6) is 0 Å². The monoisotopic (exact) mass is 719 g/mol. The number of aromatic nitrogens is 2. The van der Waals surface area contributed by atoms with Crippen molar-refractivity contribution in [1.82, 2.24) is 9.97 Å². The van der Waals surface area contributed by atoms with E-state index < -0.39 is 0 Å². The molecular formula is C39H30IrN2-2. The van der Waals surface area contributed by atoms with Gasteiger partial charge in [-0.2, -0.15) is 0 Å². The molecule has 2 aromatic heterocycles. The first-order valence-corrected chi connectivity index (χ1v) is 13.9. The summed E-state index contributed by atoms with van der Waals surface area (Å²) in [5.74, 6) is 0.473. The Morgan fingerprint density at radius 2 is 1.33 bits per heavy atom. The van der Waals surface area contributed by atoms with E-state index in [0.29, 0.717) is 5.92 Å². The second-order valence-corrected chi connectivity index (χ2v) is 10.3. The van der Waals surface area contributed by atoms with Crippen LogP contribution in [0.2, 0.25) is 0 Å². The van der Waals surface area contributed by atoms with Crippen molar-refractivity contribution in [3.8, 4) is 33.6 Å². The predicted octanol–water partition coefficient (Wildman–Crippen LogP) is 10.2. The van der Waals surface area contributed by atoms with Gasteiger partial charge in [0.15, 0.2) is 0 Å². The van der Waals surface area contributed by atoms with Gasteiger partial charge in [0, 0.05) is 32.5 Å². The minimum Gasteiger partial charge on any atom is -0.305 e. The molecule has 0 unspecified atom stereocenters. The average Bonchev–Trinajstić information content (AvgIpc) is 3.05. The maximum Gasteiger partial charge on any atom is 0.0163 e. The summed E-state index contributed by atoms with van der Waals surface area (Å²) in [4.78, 5) is 8.85. The molecule has 207 valence electrons. The van der Waals surface area contributed by atoms with Crippen molar-refractivity contribution in [2.24, 2.45) is 0 Å². The SMILES string of the molecule is CC(C)c1ccnc(-c2[c-]cc3c(c2)c(-c2ccccc2)cc2ccccc23)c1.[Ir].[c-]1ccccc1-c1ccccn1. The number of hydrogen-bond acceptors (Lipinski definition) is 2. The Balaban J connectivity index is 0.000000228. The number of rotatable bonds is 4. The molecule has 0 aliphatic heterocycles. The van der Waals surface area contributed by atoms with Crippen LogP contribution in [0.25, 0.3) is 55.2 Å². The molecule has 0 aliphatic carbocycles. The molecule has 0 amide bonds. The Bertz CT molecular complexity index is 1860. The Morgan fingerprint density at radius 1 is 0.571 bits per heavy atom. The van der Waals surface area contributed by atoms with E-state index in [4.69, 9.17) is 0 Å². The van der Waals surface area contributed by atoms with E-state index in [2.05, 4.69) is 121 Å². The van der Waals surface area contributed by atoms with Crippen molar-refractivity contribution < 1.29 is 20.1 Å². The third-order valence-corrected chi connectivity index (χ3v) is 7.25. The Labute approximate surface area is 261 Å². The van der Waals surface area contributed by atoms with Gasteiger partial charge in [-0.3, -0.25) is 0 Å². The first kappa shape index (κ1) is 29.1. The molecule has 2 nitrogen and oxygen atoms in total. The van der Waals surface area contributed by atoms with Gasteiger partial charge in [0.1, 0.15) is 0 Å². The molecule has 0 atom stereocenters. The van der Waals surface area contributed by atoms with Crippen molar-refractivity contribution in [2.75, 3.05) is 0 Å². The van der Waals surface area contributed by atoms with Crippen LogP contribution in [0.15, 0.2) is 140 Å². The van der Waals surface area contributed by atoms with E-state index >= 15 is 0 Å². The molecule has 0 spiro atoms. The Hall–Kier alpha value is -4.43. The van der Waals surface area contributed by atoms with E-state index in [1.165, 1.54) is 38.2 Å². The number of benzene rings is 5. The predicted molar refractivity (Wildman–Crippen MR) is 172 cm³/mol. The Morgan fingerprint density at radius 3 is 2.10 bits per heavy atom. The molecule has 0 N–H and O–H groups in total. The first-order valence-electron chi connectivity index (χ1n) is 13.9. The molecule has 5 aromatic carbocycles. The molecule has 42 heavy (non-hydrogen) atoms. The molecule has 0 saturated heterocycles. The fourth-order valence-electron chi connectivity index (χ4n) is 5.07. The van der Waals surface area contributed by atoms with E-state index in [1.807, 2.05) is 48.7 Å². The zero-order valence-corrected chi connectivity index (χ0v) is 26.0. The van der Waals surface area contributed by atoms with Crippen LogP contribution in [0.3, 0.4) is 0 Å². The minimum absolute atomic E-state index is 0. The average molecular weight is 719 g/mol. The van der Waals surface area contributed by atoms with Crippen LogP contribution in [0, 0.1) is 12.1 Å². The Kier molecular flexibility index (Phi) is 9.34. The molecular weight excluding hydrogens is 689 g/mol. The molecule has 2 heterocycles. The van der Waals surface area contributed by atoms with E-state index in [0.717, 1.165) is 22.5 Å². The van der Waals surface area contributed by atoms with Crippen LogP contribution in [0.1, 0.15) is 25.3 Å². The maximum absolute atomic E-state index is 4.63. The van der Waals surface area contributed by atoms with Gasteiger partial charge in [0.05, 0.1) is 0 Å². The quantitative estimate of drug-likeness (QED) is 0.134. The summed E-state index contributed by atoms with van der Waals surface area (Å²) >= 11 is 0. The zero-order valence-electron chi connectivity index (χ0n) is 23.6. The third-order valence-electron chi connectivity index (χ3n) is 7.25. The molecule has 0 aliphatic rings. The molecule has 1 radical (unpaired) electrons. The summed E-state index contributed by atoms with van der Waals surface area (Å²) in [5, 5.41) is 4.97. The zero-order chi connectivity index (χ0) is 28.0. The van der Waals surface area contributed by atoms with Gasteiger partial charge >= 0.3 is 0 Å². The topological polar surface area (TPSA) is 25.8 Å². The third kappa shape index (κ3) is 6.39. The fraction of sp³-hybridized carbons (Fsp3) is 0.0769. The summed E-state index contributed by atoms with van der Waals surface area (Å²) in [6.07, 6.45) is 3.69. The van der Waals surface area contributed by atoms with Crippen LogP contribution < -0.4 is 0 Å². The second-order valence-electron chi connectivity index (χ2n) is 10.3. The standard InChI is InChI=1S/C28H22N.C11H8N.Ir/c1-19(2)21-14-15-29-28(18-21)23-12-13-25-24-11-7-6-10-22(24)16-26(27(25)17-23)20-8-4-3-5-9-20;1-2-6-10(7-3-1)11-8-4-5-9-12-11;/h3-11,13-19H,1-2H3;1-6,8-9H;/q2*-1;. The normalized spacial score (nSPS) is 10.6. The molecule has 0 bridgehead atoms. The summed E-state index contributed by atoms with van der Waals surface area (Å²) in [6.45, 7) is 4.42. The summed E-state index contributed by atoms with van der Waals surface area (Å²) in [6, 6.07) is 50.5. The van der Waals surface area contributed by atoms with Gasteiger partial charge in [-0.05, 0) is 52.0 Å². The van der Waals surface area contributed by atoms with Crippen LogP contribution >= 0.6 is 0 Å². The number of hydrogen-bond donors (Lipinski definition) is 0. The van der Waals surface area contributed by atoms with E-state index in [-0.39, 0.29) is 20.1 Å². The van der Waals surface area contributed by atoms with Crippen molar-refractivity contribution in [3.63, 3.8) is 0 Å². The van der Waals surface area contributed by atoms with Crippen LogP contribution in [0.4, 0.5) is 0 Å². The number of nitrogens with zero attached hydrogens (tertiary/aromatic N) is 2. The van der Waals surface area contributed by atoms with Crippen molar-refractivity contribution in [3.05, 3.63) is 157 Å². The van der Waals surface area contributed by atoms with Gasteiger partial charge in [-0.1, -0.05) is 108 Å². The summed E-state index contributed by atoms with van der Waals surface area (Å²) in [7, 11) is 0.